The monoisotopic (exact) mass is 356 g/mol. The first-order chi connectivity index (χ1) is 7.78. The number of halogens is 2. The molecule has 1 aromatic heterocycles. The number of hydrogen-bond acceptors (Lipinski definition) is 4. The van der Waals surface area contributed by atoms with Crippen molar-refractivity contribution in [3.8, 4) is 6.07 Å². The molecule has 0 fully saturated rings. The molecule has 0 N–H and O–H groups in total. The number of thiophene rings is 1. The molecule has 0 aliphatic carbocycles. The van der Waals surface area contributed by atoms with E-state index < -0.39 is 10.0 Å². The summed E-state index contributed by atoms with van der Waals surface area (Å²) in [5.74, 6) is -0.353. The molecular formula is C9H10BrClN2O2S2. The van der Waals surface area contributed by atoms with Crippen molar-refractivity contribution in [3.05, 3.63) is 14.9 Å². The Labute approximate surface area is 118 Å². The van der Waals surface area contributed by atoms with Gasteiger partial charge in [0.2, 0.25) is 0 Å². The molecule has 1 atom stereocenters. The summed E-state index contributed by atoms with van der Waals surface area (Å²) in [6.45, 7) is 1.83. The first-order valence-corrected chi connectivity index (χ1v) is 8.02. The van der Waals surface area contributed by atoms with E-state index in [2.05, 4.69) is 15.9 Å². The molecule has 0 saturated carbocycles. The molecule has 0 radical (unpaired) electrons. The molecule has 17 heavy (non-hydrogen) atoms. The number of nitriles is 1. The zero-order valence-electron chi connectivity index (χ0n) is 9.15. The zero-order valence-corrected chi connectivity index (χ0v) is 13.1. The van der Waals surface area contributed by atoms with E-state index in [9.17, 15) is 8.42 Å². The topological polar surface area (TPSA) is 61.2 Å². The minimum atomic E-state index is -3.56. The van der Waals surface area contributed by atoms with E-state index in [1.807, 2.05) is 6.07 Å². The molecule has 1 heterocycles. The van der Waals surface area contributed by atoms with Crippen LogP contribution in [0.5, 0.6) is 0 Å². The van der Waals surface area contributed by atoms with Gasteiger partial charge in [-0.05, 0) is 28.9 Å². The molecule has 0 aliphatic rings. The fourth-order valence-corrected chi connectivity index (χ4v) is 5.00. The molecule has 8 heteroatoms. The minimum absolute atomic E-state index is 0.159. The van der Waals surface area contributed by atoms with Gasteiger partial charge >= 0.3 is 0 Å². The highest BCUT2D eigenvalue weighted by Gasteiger charge is 2.25. The second kappa shape index (κ2) is 5.67. The van der Waals surface area contributed by atoms with Gasteiger partial charge in [-0.1, -0.05) is 11.6 Å². The highest BCUT2D eigenvalue weighted by atomic mass is 79.9. The van der Waals surface area contributed by atoms with Crippen molar-refractivity contribution in [2.24, 2.45) is 5.92 Å². The van der Waals surface area contributed by atoms with Crippen LogP contribution in [-0.4, -0.2) is 26.3 Å². The van der Waals surface area contributed by atoms with Gasteiger partial charge in [0.05, 0.1) is 20.8 Å². The number of rotatable bonds is 4. The lowest BCUT2D eigenvalue weighted by Crippen LogP contribution is -2.30. The molecule has 0 aromatic carbocycles. The predicted octanol–water partition coefficient (Wildman–Crippen LogP) is 2.94. The summed E-state index contributed by atoms with van der Waals surface area (Å²) in [6, 6.07) is 3.40. The molecule has 4 nitrogen and oxygen atoms in total. The summed E-state index contributed by atoms with van der Waals surface area (Å²) in [5.41, 5.74) is 0. The lowest BCUT2D eigenvalue weighted by molar-refractivity contribution is 0.440. The van der Waals surface area contributed by atoms with Crippen LogP contribution in [0.4, 0.5) is 0 Å². The van der Waals surface area contributed by atoms with E-state index in [4.69, 9.17) is 16.9 Å². The van der Waals surface area contributed by atoms with Crippen LogP contribution < -0.4 is 0 Å². The highest BCUT2D eigenvalue weighted by molar-refractivity contribution is 9.11. The number of sulfonamides is 1. The van der Waals surface area contributed by atoms with Crippen molar-refractivity contribution < 1.29 is 8.42 Å². The van der Waals surface area contributed by atoms with Gasteiger partial charge in [-0.15, -0.1) is 11.3 Å². The third-order valence-corrected chi connectivity index (χ3v) is 6.79. The third-order valence-electron chi connectivity index (χ3n) is 2.04. The van der Waals surface area contributed by atoms with Gasteiger partial charge in [-0.3, -0.25) is 0 Å². The van der Waals surface area contributed by atoms with Gasteiger partial charge in [-0.2, -0.15) is 9.57 Å². The summed E-state index contributed by atoms with van der Waals surface area (Å²) in [7, 11) is -2.11. The first-order valence-electron chi connectivity index (χ1n) is 4.59. The standard InChI is InChI=1S/C9H10BrClN2O2S2/c1-6(4-12)5-13(2)17(14,15)8-3-7(11)9(10)16-8/h3,6H,5H2,1-2H3. The van der Waals surface area contributed by atoms with Crippen molar-refractivity contribution in [1.29, 1.82) is 5.26 Å². The molecule has 1 aromatic rings. The summed E-state index contributed by atoms with van der Waals surface area (Å²) in [6.07, 6.45) is 0. The molecule has 1 rings (SSSR count). The molecule has 0 saturated heterocycles. The maximum absolute atomic E-state index is 12.1. The Bertz CT molecular complexity index is 530. The lowest BCUT2D eigenvalue weighted by atomic mass is 10.2. The predicted molar refractivity (Wildman–Crippen MR) is 71.6 cm³/mol. The molecular weight excluding hydrogens is 348 g/mol. The van der Waals surface area contributed by atoms with Crippen LogP contribution in [0.2, 0.25) is 5.02 Å². The van der Waals surface area contributed by atoms with Crippen LogP contribution in [0.1, 0.15) is 6.92 Å². The molecule has 94 valence electrons. The van der Waals surface area contributed by atoms with Crippen molar-refractivity contribution in [2.45, 2.75) is 11.1 Å². The third kappa shape index (κ3) is 3.42. The Hall–Kier alpha value is -0.130. The largest absolute Gasteiger partial charge is 0.252 e. The molecule has 0 spiro atoms. The first kappa shape index (κ1) is 14.9. The molecule has 1 unspecified atom stereocenters. The molecule has 0 aliphatic heterocycles. The fraction of sp³-hybridized carbons (Fsp3) is 0.444. The van der Waals surface area contributed by atoms with E-state index in [0.717, 1.165) is 15.6 Å². The van der Waals surface area contributed by atoms with Gasteiger partial charge < -0.3 is 0 Å². The average molecular weight is 358 g/mol. The van der Waals surface area contributed by atoms with Crippen LogP contribution in [0.25, 0.3) is 0 Å². The summed E-state index contributed by atoms with van der Waals surface area (Å²) in [5, 5.41) is 9.04. The summed E-state index contributed by atoms with van der Waals surface area (Å²) in [4.78, 5) is 0. The quantitative estimate of drug-likeness (QED) is 0.832. The number of hydrogen-bond donors (Lipinski definition) is 0. The maximum atomic E-state index is 12.1. The Morgan fingerprint density at radius 3 is 2.71 bits per heavy atom. The Morgan fingerprint density at radius 2 is 2.29 bits per heavy atom. The van der Waals surface area contributed by atoms with Gasteiger partial charge in [0.25, 0.3) is 10.0 Å². The van der Waals surface area contributed by atoms with E-state index >= 15 is 0 Å². The van der Waals surface area contributed by atoms with Crippen LogP contribution in [0.3, 0.4) is 0 Å². The smallest absolute Gasteiger partial charge is 0.206 e. The van der Waals surface area contributed by atoms with Crippen LogP contribution in [-0.2, 0) is 10.0 Å². The normalized spacial score (nSPS) is 13.6. The maximum Gasteiger partial charge on any atom is 0.252 e. The second-order valence-electron chi connectivity index (χ2n) is 3.50. The minimum Gasteiger partial charge on any atom is -0.206 e. The lowest BCUT2D eigenvalue weighted by Gasteiger charge is -2.16. The summed E-state index contributed by atoms with van der Waals surface area (Å²) >= 11 is 10.0. The van der Waals surface area contributed by atoms with E-state index in [-0.39, 0.29) is 16.7 Å². The van der Waals surface area contributed by atoms with Crippen LogP contribution in [0.15, 0.2) is 14.1 Å². The van der Waals surface area contributed by atoms with E-state index in [1.165, 1.54) is 13.1 Å². The SMILES string of the molecule is CC(C#N)CN(C)S(=O)(=O)c1cc(Cl)c(Br)s1. The molecule has 0 amide bonds. The zero-order chi connectivity index (χ0) is 13.2. The Kier molecular flexibility index (Phi) is 4.98. The van der Waals surface area contributed by atoms with E-state index in [1.54, 1.807) is 6.92 Å². The van der Waals surface area contributed by atoms with Crippen molar-refractivity contribution in [2.75, 3.05) is 13.6 Å². The fourth-order valence-electron chi connectivity index (χ4n) is 1.13. The van der Waals surface area contributed by atoms with E-state index in [0.29, 0.717) is 8.81 Å². The van der Waals surface area contributed by atoms with Crippen molar-refractivity contribution in [3.63, 3.8) is 0 Å². The van der Waals surface area contributed by atoms with Gasteiger partial charge in [-0.25, -0.2) is 8.42 Å². The Morgan fingerprint density at radius 1 is 1.71 bits per heavy atom. The van der Waals surface area contributed by atoms with Crippen molar-refractivity contribution in [1.82, 2.24) is 4.31 Å². The molecule has 0 bridgehead atoms. The highest BCUT2D eigenvalue weighted by Crippen LogP contribution is 2.35. The average Bonchev–Trinajstić information content (AvgIpc) is 2.59. The number of nitrogens with zero attached hydrogens (tertiary/aromatic N) is 2. The van der Waals surface area contributed by atoms with Crippen LogP contribution >= 0.6 is 38.9 Å². The Balaban J connectivity index is 3.00. The van der Waals surface area contributed by atoms with Gasteiger partial charge in [0, 0.05) is 13.6 Å². The second-order valence-corrected chi connectivity index (χ2v) is 8.55. The van der Waals surface area contributed by atoms with Crippen LogP contribution in [0, 0.1) is 17.2 Å². The van der Waals surface area contributed by atoms with Gasteiger partial charge in [0.1, 0.15) is 4.21 Å². The van der Waals surface area contributed by atoms with Crippen molar-refractivity contribution >= 4 is 48.9 Å². The summed E-state index contributed by atoms with van der Waals surface area (Å²) < 4.78 is 26.1. The van der Waals surface area contributed by atoms with Gasteiger partial charge in [0.15, 0.2) is 0 Å².